The van der Waals surface area contributed by atoms with Gasteiger partial charge >= 0.3 is 0 Å². The predicted molar refractivity (Wildman–Crippen MR) is 267 cm³/mol. The number of aliphatic hydroxyl groups is 2. The highest BCUT2D eigenvalue weighted by Gasteiger charge is 2.20. The fourth-order valence-electron chi connectivity index (χ4n) is 9.31. The van der Waals surface area contributed by atoms with E-state index in [9.17, 15) is 15.0 Å². The van der Waals surface area contributed by atoms with E-state index in [-0.39, 0.29) is 12.5 Å². The van der Waals surface area contributed by atoms with Gasteiger partial charge < -0.3 is 15.5 Å². The molecule has 2 atom stereocenters. The van der Waals surface area contributed by atoms with Gasteiger partial charge in [0.05, 0.1) is 18.8 Å². The Morgan fingerprint density at radius 3 is 0.750 bits per heavy atom. The van der Waals surface area contributed by atoms with E-state index < -0.39 is 12.1 Å². The highest BCUT2D eigenvalue weighted by Crippen LogP contribution is 2.18. The van der Waals surface area contributed by atoms with E-state index in [1.165, 1.54) is 283 Å². The van der Waals surface area contributed by atoms with E-state index in [1.807, 2.05) is 0 Å². The molecule has 60 heavy (non-hydrogen) atoms. The fourth-order valence-corrected chi connectivity index (χ4v) is 9.31. The van der Waals surface area contributed by atoms with Crippen molar-refractivity contribution in [1.29, 1.82) is 0 Å². The molecule has 0 bridgehead atoms. The van der Waals surface area contributed by atoms with E-state index in [2.05, 4.69) is 19.2 Å². The van der Waals surface area contributed by atoms with Gasteiger partial charge in [-0.3, -0.25) is 4.79 Å². The zero-order valence-electron chi connectivity index (χ0n) is 41.5. The standard InChI is InChI=1S/C56H113NO3/c1-3-5-7-9-11-13-15-17-18-19-20-21-22-23-24-25-26-27-28-29-30-31-32-33-34-35-36-37-38-39-40-42-44-46-48-50-52-56(60)57-54(53-58)55(59)51-49-47-45-43-41-16-14-12-10-8-6-4-2/h54-55,58-59H,3-53H2,1-2H3,(H,57,60). The summed E-state index contributed by atoms with van der Waals surface area (Å²) in [6.07, 6.45) is 66.9. The maximum Gasteiger partial charge on any atom is 0.220 e. The SMILES string of the molecule is CCCCCCCCCCCCCCCCCCCCCCCCCCCCCCCCCCCCCCC(=O)NC(CO)C(O)CCCCCCCCCCCCCC. The number of nitrogens with one attached hydrogen (secondary N) is 1. The summed E-state index contributed by atoms with van der Waals surface area (Å²) in [4.78, 5) is 12.4. The zero-order chi connectivity index (χ0) is 43.5. The molecule has 1 amide bonds. The van der Waals surface area contributed by atoms with Crippen LogP contribution in [0.2, 0.25) is 0 Å². The van der Waals surface area contributed by atoms with E-state index >= 15 is 0 Å². The van der Waals surface area contributed by atoms with Crippen LogP contribution in [0.3, 0.4) is 0 Å². The molecular formula is C56H113NO3. The second kappa shape index (κ2) is 52.7. The van der Waals surface area contributed by atoms with E-state index in [0.717, 1.165) is 25.7 Å². The third-order valence-corrected chi connectivity index (χ3v) is 13.6. The number of carbonyl (C=O) groups excluding carboxylic acids is 1. The van der Waals surface area contributed by atoms with Gasteiger partial charge in [0.2, 0.25) is 5.91 Å². The van der Waals surface area contributed by atoms with Crippen molar-refractivity contribution in [2.45, 2.75) is 347 Å². The Labute approximate surface area is 378 Å². The minimum Gasteiger partial charge on any atom is -0.394 e. The first-order valence-electron chi connectivity index (χ1n) is 28.2. The molecule has 0 rings (SSSR count). The zero-order valence-corrected chi connectivity index (χ0v) is 41.5. The Morgan fingerprint density at radius 2 is 0.533 bits per heavy atom. The lowest BCUT2D eigenvalue weighted by atomic mass is 10.0. The molecule has 0 aromatic carbocycles. The maximum atomic E-state index is 12.4. The molecule has 0 aromatic heterocycles. The van der Waals surface area contributed by atoms with E-state index in [1.54, 1.807) is 0 Å². The highest BCUT2D eigenvalue weighted by molar-refractivity contribution is 5.76. The van der Waals surface area contributed by atoms with Crippen LogP contribution in [0.1, 0.15) is 335 Å². The Bertz CT molecular complexity index is 788. The second-order valence-electron chi connectivity index (χ2n) is 19.7. The van der Waals surface area contributed by atoms with Crippen LogP contribution in [0.5, 0.6) is 0 Å². The summed E-state index contributed by atoms with van der Waals surface area (Å²) < 4.78 is 0. The van der Waals surface area contributed by atoms with Gasteiger partial charge in [-0.1, -0.05) is 316 Å². The van der Waals surface area contributed by atoms with Gasteiger partial charge in [0.1, 0.15) is 0 Å². The quantitative estimate of drug-likeness (QED) is 0.0534. The van der Waals surface area contributed by atoms with Crippen LogP contribution in [0.15, 0.2) is 0 Å². The van der Waals surface area contributed by atoms with Crippen LogP contribution in [0, 0.1) is 0 Å². The molecule has 2 unspecified atom stereocenters. The topological polar surface area (TPSA) is 69.6 Å². The largest absolute Gasteiger partial charge is 0.394 e. The van der Waals surface area contributed by atoms with Crippen molar-refractivity contribution < 1.29 is 15.0 Å². The number of hydrogen-bond donors (Lipinski definition) is 3. The summed E-state index contributed by atoms with van der Waals surface area (Å²) in [7, 11) is 0. The van der Waals surface area contributed by atoms with Crippen LogP contribution >= 0.6 is 0 Å². The second-order valence-corrected chi connectivity index (χ2v) is 19.7. The average molecular weight is 849 g/mol. The van der Waals surface area contributed by atoms with Crippen molar-refractivity contribution in [3.05, 3.63) is 0 Å². The third kappa shape index (κ3) is 48.4. The lowest BCUT2D eigenvalue weighted by Crippen LogP contribution is -2.45. The first-order chi connectivity index (χ1) is 29.7. The van der Waals surface area contributed by atoms with E-state index in [4.69, 9.17) is 0 Å². The Balaban J connectivity index is 3.31. The summed E-state index contributed by atoms with van der Waals surface area (Å²) in [5.41, 5.74) is 0. The number of hydrogen-bond acceptors (Lipinski definition) is 3. The Morgan fingerprint density at radius 1 is 0.333 bits per heavy atom. The van der Waals surface area contributed by atoms with Crippen LogP contribution < -0.4 is 5.32 Å². The van der Waals surface area contributed by atoms with Gasteiger partial charge in [0.15, 0.2) is 0 Å². The first kappa shape index (κ1) is 59.4. The molecule has 4 nitrogen and oxygen atoms in total. The predicted octanol–water partition coefficient (Wildman–Crippen LogP) is 18.4. The molecule has 3 N–H and O–H groups in total. The smallest absolute Gasteiger partial charge is 0.220 e. The summed E-state index contributed by atoms with van der Waals surface area (Å²) in [5.74, 6) is -0.0241. The molecule has 0 aliphatic carbocycles. The first-order valence-corrected chi connectivity index (χ1v) is 28.2. The van der Waals surface area contributed by atoms with Crippen LogP contribution in [-0.2, 0) is 4.79 Å². The van der Waals surface area contributed by atoms with E-state index in [0.29, 0.717) is 12.8 Å². The monoisotopic (exact) mass is 848 g/mol. The number of aliphatic hydroxyl groups excluding tert-OH is 2. The van der Waals surface area contributed by atoms with Crippen molar-refractivity contribution in [1.82, 2.24) is 5.32 Å². The molecule has 0 heterocycles. The normalized spacial score (nSPS) is 12.7. The molecule has 360 valence electrons. The molecule has 0 spiro atoms. The average Bonchev–Trinajstić information content (AvgIpc) is 3.25. The molecular weight excluding hydrogens is 735 g/mol. The summed E-state index contributed by atoms with van der Waals surface area (Å²) in [5, 5.41) is 23.2. The Hall–Kier alpha value is -0.610. The van der Waals surface area contributed by atoms with Crippen molar-refractivity contribution in [2.24, 2.45) is 0 Å². The number of amides is 1. The molecule has 0 aromatic rings. The highest BCUT2D eigenvalue weighted by atomic mass is 16.3. The minimum atomic E-state index is -0.653. The third-order valence-electron chi connectivity index (χ3n) is 13.6. The van der Waals surface area contributed by atoms with Crippen LogP contribution in [0.4, 0.5) is 0 Å². The van der Waals surface area contributed by atoms with Crippen molar-refractivity contribution in [2.75, 3.05) is 6.61 Å². The van der Waals surface area contributed by atoms with Gasteiger partial charge in [0, 0.05) is 6.42 Å². The molecule has 4 heteroatoms. The molecule has 0 aliphatic heterocycles. The summed E-state index contributed by atoms with van der Waals surface area (Å²) in [6.45, 7) is 4.39. The van der Waals surface area contributed by atoms with Crippen molar-refractivity contribution >= 4 is 5.91 Å². The van der Waals surface area contributed by atoms with Gasteiger partial charge in [-0.05, 0) is 12.8 Å². The summed E-state index contributed by atoms with van der Waals surface area (Å²) >= 11 is 0. The number of unbranched alkanes of at least 4 members (excludes halogenated alkanes) is 46. The fraction of sp³-hybridized carbons (Fsp3) is 0.982. The number of carbonyl (C=O) groups is 1. The van der Waals surface area contributed by atoms with Crippen molar-refractivity contribution in [3.8, 4) is 0 Å². The van der Waals surface area contributed by atoms with Gasteiger partial charge in [-0.15, -0.1) is 0 Å². The lowest BCUT2D eigenvalue weighted by Gasteiger charge is -2.22. The molecule has 0 saturated heterocycles. The van der Waals surface area contributed by atoms with Gasteiger partial charge in [-0.25, -0.2) is 0 Å². The Kier molecular flexibility index (Phi) is 52.2. The molecule has 0 radical (unpaired) electrons. The maximum absolute atomic E-state index is 12.4. The van der Waals surface area contributed by atoms with Crippen molar-refractivity contribution in [3.63, 3.8) is 0 Å². The lowest BCUT2D eigenvalue weighted by molar-refractivity contribution is -0.123. The van der Waals surface area contributed by atoms with Crippen LogP contribution in [0.25, 0.3) is 0 Å². The number of rotatable bonds is 53. The minimum absolute atomic E-state index is 0.0241. The van der Waals surface area contributed by atoms with Gasteiger partial charge in [0.25, 0.3) is 0 Å². The van der Waals surface area contributed by atoms with Crippen LogP contribution in [-0.4, -0.2) is 34.9 Å². The summed E-state index contributed by atoms with van der Waals surface area (Å²) in [6, 6.07) is -0.530. The van der Waals surface area contributed by atoms with Gasteiger partial charge in [-0.2, -0.15) is 0 Å². The molecule has 0 saturated carbocycles. The molecule has 0 fully saturated rings. The molecule has 0 aliphatic rings.